The molecular weight excluding hydrogens is 226 g/mol. The van der Waals surface area contributed by atoms with Crippen LogP contribution >= 0.6 is 0 Å². The number of hydrogen-bond acceptors (Lipinski definition) is 2. The summed E-state index contributed by atoms with van der Waals surface area (Å²) in [5.41, 5.74) is 0. The van der Waals surface area contributed by atoms with E-state index in [1.165, 1.54) is 0 Å². The summed E-state index contributed by atoms with van der Waals surface area (Å²) in [6, 6.07) is 0. The first-order valence-corrected chi connectivity index (χ1v) is 4.58. The van der Waals surface area contributed by atoms with E-state index in [0.717, 1.165) is 0 Å². The molecule has 0 aliphatic heterocycles. The molecule has 0 spiro atoms. The molecule has 0 saturated carbocycles. The zero-order chi connectivity index (χ0) is 11.1. The number of rotatable bonds is 2. The van der Waals surface area contributed by atoms with Crippen molar-refractivity contribution in [3.63, 3.8) is 0 Å². The van der Waals surface area contributed by atoms with Gasteiger partial charge in [-0.15, -0.1) is 0 Å². The van der Waals surface area contributed by atoms with E-state index in [4.69, 9.17) is 0 Å². The fraction of sp³-hybridized carbons (Fsp3) is 1.00. The highest BCUT2D eigenvalue weighted by molar-refractivity contribution is 7.91. The van der Waals surface area contributed by atoms with E-state index < -0.39 is 27.4 Å². The van der Waals surface area contributed by atoms with E-state index in [2.05, 4.69) is 0 Å². The molecule has 0 aliphatic carbocycles. The number of sulfone groups is 1. The van der Waals surface area contributed by atoms with E-state index in [1.807, 2.05) is 0 Å². The molecule has 0 bridgehead atoms. The lowest BCUT2D eigenvalue weighted by Crippen LogP contribution is -2.46. The summed E-state index contributed by atoms with van der Waals surface area (Å²) in [5.74, 6) is 0. The van der Waals surface area contributed by atoms with Crippen LogP contribution in [0.4, 0.5) is 26.3 Å². The van der Waals surface area contributed by atoms with Crippen LogP contribution in [0.15, 0.2) is 0 Å². The minimum absolute atomic E-state index is 0.175. The minimum atomic E-state index is -5.90. The van der Waals surface area contributed by atoms with Crippen molar-refractivity contribution < 1.29 is 34.8 Å². The van der Waals surface area contributed by atoms with Gasteiger partial charge in [0.05, 0.1) is 0 Å². The second-order valence-electron chi connectivity index (χ2n) is 2.24. The molecule has 0 aromatic rings. The minimum Gasteiger partial charge on any atom is -0.229 e. The maximum Gasteiger partial charge on any atom is 0.426 e. The third-order valence-corrected chi connectivity index (χ3v) is 2.27. The second kappa shape index (κ2) is 3.03. The average Bonchev–Trinajstić information content (AvgIpc) is 1.81. The van der Waals surface area contributed by atoms with Crippen LogP contribution in [0.1, 0.15) is 0 Å². The van der Waals surface area contributed by atoms with Gasteiger partial charge in [-0.2, -0.15) is 22.0 Å². The zero-order valence-corrected chi connectivity index (χ0v) is 6.89. The van der Waals surface area contributed by atoms with Gasteiger partial charge in [-0.05, 0) is 0 Å². The Morgan fingerprint density at radius 3 is 1.46 bits per heavy atom. The van der Waals surface area contributed by atoms with Gasteiger partial charge in [0.15, 0.2) is 0 Å². The lowest BCUT2D eigenvalue weighted by molar-refractivity contribution is -0.221. The van der Waals surface area contributed by atoms with Gasteiger partial charge >= 0.3 is 11.4 Å². The van der Waals surface area contributed by atoms with Crippen LogP contribution in [0.2, 0.25) is 0 Å². The highest BCUT2D eigenvalue weighted by Gasteiger charge is 2.62. The predicted octanol–water partition coefficient (Wildman–Crippen LogP) is 1.52. The first-order chi connectivity index (χ1) is 5.40. The fourth-order valence-corrected chi connectivity index (χ4v) is 0.888. The highest BCUT2D eigenvalue weighted by Crippen LogP contribution is 2.37. The number of halogens is 6. The molecule has 0 aliphatic rings. The van der Waals surface area contributed by atoms with Crippen LogP contribution in [0.5, 0.6) is 0 Å². The maximum atomic E-state index is 12.1. The van der Waals surface area contributed by atoms with Gasteiger partial charge in [-0.25, -0.2) is 12.8 Å². The van der Waals surface area contributed by atoms with Crippen LogP contribution in [0.25, 0.3) is 0 Å². The van der Waals surface area contributed by atoms with Crippen molar-refractivity contribution in [1.29, 1.82) is 0 Å². The van der Waals surface area contributed by atoms with Gasteiger partial charge in [0.25, 0.3) is 6.17 Å². The summed E-state index contributed by atoms with van der Waals surface area (Å²) < 4.78 is 90.4. The van der Waals surface area contributed by atoms with Gasteiger partial charge in [0.1, 0.15) is 0 Å². The molecule has 0 amide bonds. The monoisotopic (exact) mass is 230 g/mol. The summed E-state index contributed by atoms with van der Waals surface area (Å²) in [4.78, 5) is 0. The van der Waals surface area contributed by atoms with Crippen molar-refractivity contribution in [3.05, 3.63) is 0 Å². The molecule has 1 atom stereocenters. The first kappa shape index (κ1) is 12.5. The van der Waals surface area contributed by atoms with Crippen molar-refractivity contribution in [2.24, 2.45) is 0 Å². The van der Waals surface area contributed by atoms with Crippen molar-refractivity contribution in [1.82, 2.24) is 0 Å². The van der Waals surface area contributed by atoms with Crippen molar-refractivity contribution >= 4 is 9.84 Å². The Balaban J connectivity index is 5.09. The number of alkyl halides is 6. The summed E-state index contributed by atoms with van der Waals surface area (Å²) in [6.45, 7) is 0. The molecule has 2 nitrogen and oxygen atoms in total. The van der Waals surface area contributed by atoms with E-state index in [1.54, 1.807) is 0 Å². The van der Waals surface area contributed by atoms with E-state index in [9.17, 15) is 34.8 Å². The van der Waals surface area contributed by atoms with Crippen LogP contribution in [0.3, 0.4) is 0 Å². The first-order valence-electron chi connectivity index (χ1n) is 2.69. The molecule has 0 fully saturated rings. The van der Waals surface area contributed by atoms with E-state index in [-0.39, 0.29) is 6.26 Å². The van der Waals surface area contributed by atoms with Gasteiger partial charge < -0.3 is 0 Å². The Morgan fingerprint density at radius 1 is 1.08 bits per heavy atom. The predicted molar refractivity (Wildman–Crippen MR) is 30.7 cm³/mol. The standard InChI is InChI=1S/C4H4F6O2S/c1-13(11,12)4(9,10)2(5)3(6,7)8/h2H,1H3. The molecular formula is C4H4F6O2S. The Kier molecular flexibility index (Phi) is 2.92. The molecule has 0 heterocycles. The Bertz CT molecular complexity index is 277. The highest BCUT2D eigenvalue weighted by atomic mass is 32.2. The molecule has 9 heteroatoms. The van der Waals surface area contributed by atoms with Gasteiger partial charge in [0, 0.05) is 6.26 Å². The summed E-state index contributed by atoms with van der Waals surface area (Å²) in [5, 5.41) is -5.44. The van der Waals surface area contributed by atoms with Crippen LogP contribution in [-0.2, 0) is 9.84 Å². The van der Waals surface area contributed by atoms with Gasteiger partial charge in [-0.3, -0.25) is 0 Å². The molecule has 0 aromatic carbocycles. The van der Waals surface area contributed by atoms with Crippen LogP contribution in [0, 0.1) is 0 Å². The Hall–Kier alpha value is -0.470. The van der Waals surface area contributed by atoms with Gasteiger partial charge in [-0.1, -0.05) is 0 Å². The maximum absolute atomic E-state index is 12.1. The lowest BCUT2D eigenvalue weighted by atomic mass is 10.4. The fourth-order valence-electron chi connectivity index (χ4n) is 0.378. The molecule has 0 radical (unpaired) electrons. The quantitative estimate of drug-likeness (QED) is 0.674. The Morgan fingerprint density at radius 2 is 1.38 bits per heavy atom. The van der Waals surface area contributed by atoms with Crippen molar-refractivity contribution in [3.8, 4) is 0 Å². The molecule has 80 valence electrons. The molecule has 13 heavy (non-hydrogen) atoms. The van der Waals surface area contributed by atoms with E-state index in [0.29, 0.717) is 0 Å². The zero-order valence-electron chi connectivity index (χ0n) is 6.07. The normalized spacial score (nSPS) is 17.2. The average molecular weight is 230 g/mol. The molecule has 0 rings (SSSR count). The van der Waals surface area contributed by atoms with Crippen molar-refractivity contribution in [2.45, 2.75) is 17.6 Å². The summed E-state index contributed by atoms with van der Waals surface area (Å²) in [7, 11) is -5.41. The smallest absolute Gasteiger partial charge is 0.229 e. The van der Waals surface area contributed by atoms with Crippen LogP contribution in [-0.4, -0.2) is 32.3 Å². The van der Waals surface area contributed by atoms with Gasteiger partial charge in [0.2, 0.25) is 9.84 Å². The summed E-state index contributed by atoms with van der Waals surface area (Å²) in [6.07, 6.45) is -10.8. The molecule has 1 unspecified atom stereocenters. The third kappa shape index (κ3) is 2.48. The third-order valence-electron chi connectivity index (χ3n) is 1.08. The molecule has 0 N–H and O–H groups in total. The number of hydrogen-bond donors (Lipinski definition) is 0. The summed E-state index contributed by atoms with van der Waals surface area (Å²) >= 11 is 0. The lowest BCUT2D eigenvalue weighted by Gasteiger charge is -2.20. The second-order valence-corrected chi connectivity index (χ2v) is 4.33. The topological polar surface area (TPSA) is 34.1 Å². The Labute approximate surface area is 69.5 Å². The molecule has 0 aromatic heterocycles. The van der Waals surface area contributed by atoms with E-state index >= 15 is 0 Å². The SMILES string of the molecule is CS(=O)(=O)C(F)(F)C(F)C(F)(F)F. The van der Waals surface area contributed by atoms with Crippen molar-refractivity contribution in [2.75, 3.05) is 6.26 Å². The largest absolute Gasteiger partial charge is 0.426 e. The molecule has 0 saturated heterocycles. The van der Waals surface area contributed by atoms with Crippen LogP contribution < -0.4 is 0 Å².